The van der Waals surface area contributed by atoms with Gasteiger partial charge in [-0.25, -0.2) is 4.98 Å². The molecule has 0 saturated heterocycles. The van der Waals surface area contributed by atoms with Crippen LogP contribution in [0, 0.1) is 6.92 Å². The van der Waals surface area contributed by atoms with Crippen LogP contribution in [0.4, 0.5) is 5.69 Å². The third-order valence-electron chi connectivity index (χ3n) is 4.24. The minimum absolute atomic E-state index is 0.0665. The second-order valence-corrected chi connectivity index (χ2v) is 7.99. The molecule has 1 aromatic carbocycles. The molecule has 3 rings (SSSR count). The van der Waals surface area contributed by atoms with Crippen LogP contribution in [0.3, 0.4) is 0 Å². The number of benzene rings is 1. The predicted octanol–water partition coefficient (Wildman–Crippen LogP) is 4.43. The number of nitrogens with zero attached hydrogens (tertiary/aromatic N) is 2. The highest BCUT2D eigenvalue weighted by molar-refractivity contribution is 7.11. The lowest BCUT2D eigenvalue weighted by Crippen LogP contribution is -2.20. The molecule has 0 saturated carbocycles. The first kappa shape index (κ1) is 19.3. The van der Waals surface area contributed by atoms with Crippen molar-refractivity contribution in [2.45, 2.75) is 45.9 Å². The lowest BCUT2D eigenvalue weighted by atomic mass is 10.1. The highest BCUT2D eigenvalue weighted by Crippen LogP contribution is 2.19. The summed E-state index contributed by atoms with van der Waals surface area (Å²) in [5.41, 5.74) is 1.89. The Morgan fingerprint density at radius 3 is 2.70 bits per heavy atom. The largest absolute Gasteiger partial charge is 0.372 e. The van der Waals surface area contributed by atoms with E-state index in [4.69, 9.17) is 4.74 Å². The topological polar surface area (TPSA) is 56.1 Å². The molecule has 1 unspecified atom stereocenters. The fourth-order valence-corrected chi connectivity index (χ4v) is 3.79. The summed E-state index contributed by atoms with van der Waals surface area (Å²) in [6.45, 7) is 4.97. The third-order valence-corrected chi connectivity index (χ3v) is 5.30. The van der Waals surface area contributed by atoms with Gasteiger partial charge in [-0.2, -0.15) is 0 Å². The van der Waals surface area contributed by atoms with Gasteiger partial charge in [0.15, 0.2) is 0 Å². The maximum atomic E-state index is 11.1. The molecule has 3 aromatic rings. The van der Waals surface area contributed by atoms with E-state index in [0.29, 0.717) is 6.61 Å². The second-order valence-electron chi connectivity index (χ2n) is 6.62. The maximum Gasteiger partial charge on any atom is 0.221 e. The number of anilines is 1. The molecule has 0 fully saturated rings. The number of amides is 1. The highest BCUT2D eigenvalue weighted by Gasteiger charge is 2.12. The molecule has 0 aliphatic carbocycles. The number of carbonyl (C=O) groups excluding carboxylic acids is 1. The van der Waals surface area contributed by atoms with E-state index in [1.54, 1.807) is 6.20 Å². The van der Waals surface area contributed by atoms with Crippen molar-refractivity contribution < 1.29 is 9.53 Å². The normalized spacial score (nSPS) is 12.1. The molecule has 27 heavy (non-hydrogen) atoms. The van der Waals surface area contributed by atoms with Gasteiger partial charge in [0.2, 0.25) is 5.91 Å². The summed E-state index contributed by atoms with van der Waals surface area (Å²) in [6, 6.07) is 12.2. The van der Waals surface area contributed by atoms with Crippen molar-refractivity contribution in [2.24, 2.45) is 0 Å². The lowest BCUT2D eigenvalue weighted by Gasteiger charge is -2.18. The molecule has 1 atom stereocenters. The summed E-state index contributed by atoms with van der Waals surface area (Å²) in [7, 11) is 0. The molecule has 0 aliphatic heterocycles. The van der Waals surface area contributed by atoms with Crippen molar-refractivity contribution in [3.8, 4) is 0 Å². The average molecular weight is 384 g/mol. The molecule has 1 amide bonds. The minimum atomic E-state index is -0.0665. The van der Waals surface area contributed by atoms with Gasteiger partial charge in [0, 0.05) is 41.3 Å². The molecule has 5 nitrogen and oxygen atoms in total. The monoisotopic (exact) mass is 383 g/mol. The van der Waals surface area contributed by atoms with E-state index in [9.17, 15) is 4.79 Å². The van der Waals surface area contributed by atoms with Crippen LogP contribution in [0.15, 0.2) is 55.1 Å². The van der Waals surface area contributed by atoms with Gasteiger partial charge in [0.05, 0.1) is 19.0 Å². The lowest BCUT2D eigenvalue weighted by molar-refractivity contribution is -0.114. The van der Waals surface area contributed by atoms with Crippen LogP contribution in [-0.2, 0) is 29.1 Å². The van der Waals surface area contributed by atoms with E-state index < -0.39 is 0 Å². The van der Waals surface area contributed by atoms with Gasteiger partial charge in [0.1, 0.15) is 0 Å². The summed E-state index contributed by atoms with van der Waals surface area (Å²) in [6.07, 6.45) is 7.67. The summed E-state index contributed by atoms with van der Waals surface area (Å²) < 4.78 is 8.28. The number of imidazole rings is 1. The van der Waals surface area contributed by atoms with Crippen LogP contribution in [-0.4, -0.2) is 21.6 Å². The predicted molar refractivity (Wildman–Crippen MR) is 109 cm³/mol. The van der Waals surface area contributed by atoms with E-state index in [2.05, 4.69) is 33.9 Å². The van der Waals surface area contributed by atoms with Crippen LogP contribution in [0.1, 0.15) is 28.7 Å². The van der Waals surface area contributed by atoms with Crippen LogP contribution in [0.2, 0.25) is 0 Å². The molecule has 2 aromatic heterocycles. The summed E-state index contributed by atoms with van der Waals surface area (Å²) in [5.74, 6) is -0.0665. The van der Waals surface area contributed by atoms with Gasteiger partial charge in [-0.1, -0.05) is 12.1 Å². The Morgan fingerprint density at radius 1 is 1.26 bits per heavy atom. The highest BCUT2D eigenvalue weighted by atomic mass is 32.1. The second kappa shape index (κ2) is 9.48. The van der Waals surface area contributed by atoms with Crippen molar-refractivity contribution >= 4 is 22.9 Å². The molecule has 0 radical (unpaired) electrons. The first-order valence-corrected chi connectivity index (χ1v) is 9.89. The summed E-state index contributed by atoms with van der Waals surface area (Å²) >= 11 is 1.85. The van der Waals surface area contributed by atoms with Crippen LogP contribution < -0.4 is 5.32 Å². The van der Waals surface area contributed by atoms with Gasteiger partial charge >= 0.3 is 0 Å². The molecule has 1 N–H and O–H groups in total. The van der Waals surface area contributed by atoms with Gasteiger partial charge in [-0.3, -0.25) is 4.79 Å². The molecule has 6 heteroatoms. The van der Waals surface area contributed by atoms with E-state index in [1.807, 2.05) is 48.1 Å². The molecule has 2 heterocycles. The van der Waals surface area contributed by atoms with Crippen molar-refractivity contribution in [2.75, 3.05) is 5.32 Å². The van der Waals surface area contributed by atoms with Gasteiger partial charge in [0.25, 0.3) is 0 Å². The Labute approximate surface area is 164 Å². The zero-order valence-corrected chi connectivity index (χ0v) is 16.5. The number of rotatable bonds is 9. The van der Waals surface area contributed by atoms with Crippen molar-refractivity contribution in [1.29, 1.82) is 0 Å². The number of carbonyl (C=O) groups is 1. The first-order valence-electron chi connectivity index (χ1n) is 9.07. The molecule has 0 bridgehead atoms. The number of aromatic nitrogens is 2. The summed E-state index contributed by atoms with van der Waals surface area (Å²) in [5, 5.41) is 2.78. The van der Waals surface area contributed by atoms with E-state index in [1.165, 1.54) is 16.7 Å². The smallest absolute Gasteiger partial charge is 0.221 e. The molecule has 0 spiro atoms. The Hall–Kier alpha value is -2.44. The van der Waals surface area contributed by atoms with Crippen molar-refractivity contribution in [3.05, 3.63) is 70.4 Å². The molecule has 0 aliphatic rings. The zero-order chi connectivity index (χ0) is 19.1. The van der Waals surface area contributed by atoms with Gasteiger partial charge < -0.3 is 14.6 Å². The Kier molecular flexibility index (Phi) is 6.79. The Bertz CT molecular complexity index is 841. The van der Waals surface area contributed by atoms with Gasteiger partial charge in [-0.05, 0) is 49.6 Å². The zero-order valence-electron chi connectivity index (χ0n) is 15.7. The number of ether oxygens (including phenoxy) is 1. The SMILES string of the molecule is CC(=O)Nc1ccc(COC(CCc2ccc(C)s2)Cn2ccnc2)cc1. The number of hydrogen-bond donors (Lipinski definition) is 1. The minimum Gasteiger partial charge on any atom is -0.372 e. The maximum absolute atomic E-state index is 11.1. The van der Waals surface area contributed by atoms with E-state index >= 15 is 0 Å². The Balaban J connectivity index is 1.57. The van der Waals surface area contributed by atoms with Crippen molar-refractivity contribution in [1.82, 2.24) is 9.55 Å². The quantitative estimate of drug-likeness (QED) is 0.595. The molecular formula is C21H25N3O2S. The molecule has 142 valence electrons. The first-order chi connectivity index (χ1) is 13.1. The van der Waals surface area contributed by atoms with Gasteiger partial charge in [-0.15, -0.1) is 11.3 Å². The summed E-state index contributed by atoms with van der Waals surface area (Å²) in [4.78, 5) is 18.0. The van der Waals surface area contributed by atoms with Crippen LogP contribution in [0.25, 0.3) is 0 Å². The number of nitrogens with one attached hydrogen (secondary N) is 1. The average Bonchev–Trinajstić information content (AvgIpc) is 3.29. The fraction of sp³-hybridized carbons (Fsp3) is 0.333. The number of aryl methyl sites for hydroxylation is 2. The van der Waals surface area contributed by atoms with Crippen LogP contribution in [0.5, 0.6) is 0 Å². The van der Waals surface area contributed by atoms with Crippen LogP contribution >= 0.6 is 11.3 Å². The third kappa shape index (κ3) is 6.34. The Morgan fingerprint density at radius 2 is 2.07 bits per heavy atom. The van der Waals surface area contributed by atoms with E-state index in [0.717, 1.165) is 30.6 Å². The standard InChI is InChI=1S/C21H25N3O2S/c1-16-3-9-21(27-16)10-8-20(13-24-12-11-22-15-24)26-14-18-4-6-19(7-5-18)23-17(2)25/h3-7,9,11-12,15,20H,8,10,13-14H2,1-2H3,(H,23,25). The van der Waals surface area contributed by atoms with E-state index in [-0.39, 0.29) is 12.0 Å². The molecular weight excluding hydrogens is 358 g/mol. The number of thiophene rings is 1. The number of hydrogen-bond acceptors (Lipinski definition) is 4. The van der Waals surface area contributed by atoms with Crippen molar-refractivity contribution in [3.63, 3.8) is 0 Å². The fourth-order valence-electron chi connectivity index (χ4n) is 2.88.